The minimum atomic E-state index is 0.594. The first-order valence-electron chi connectivity index (χ1n) is 7.01. The van der Waals surface area contributed by atoms with Crippen molar-refractivity contribution >= 4 is 12.0 Å². The van der Waals surface area contributed by atoms with Gasteiger partial charge >= 0.3 is 0 Å². The zero-order valence-corrected chi connectivity index (χ0v) is 12.0. The topological polar surface area (TPSA) is 50.7 Å². The third kappa shape index (κ3) is 3.88. The molecule has 1 aromatic carbocycles. The van der Waals surface area contributed by atoms with Gasteiger partial charge < -0.3 is 5.32 Å². The largest absolute Gasteiger partial charge is 0.349 e. The molecule has 1 heterocycles. The minimum Gasteiger partial charge on any atom is -0.349 e. The Balaban J connectivity index is 1.93. The van der Waals surface area contributed by atoms with Crippen LogP contribution >= 0.6 is 0 Å². The molecule has 0 amide bonds. The molecule has 0 atom stereocenters. The van der Waals surface area contributed by atoms with Crippen molar-refractivity contribution in [3.8, 4) is 0 Å². The van der Waals surface area contributed by atoms with E-state index in [0.29, 0.717) is 12.5 Å². The molecule has 1 aromatic heterocycles. The number of benzene rings is 1. The van der Waals surface area contributed by atoms with Crippen molar-refractivity contribution in [3.63, 3.8) is 0 Å². The van der Waals surface area contributed by atoms with Crippen LogP contribution in [0.1, 0.15) is 30.8 Å². The van der Waals surface area contributed by atoms with Crippen molar-refractivity contribution in [2.45, 2.75) is 26.7 Å². The Bertz CT molecular complexity index is 564. The molecule has 4 nitrogen and oxygen atoms in total. The Labute approximate surface area is 120 Å². The number of hydrogen-bond donors (Lipinski definition) is 1. The van der Waals surface area contributed by atoms with Crippen LogP contribution in [0.2, 0.25) is 0 Å². The monoisotopic (exact) mass is 268 g/mol. The molecule has 0 fully saturated rings. The normalized spacial score (nSPS) is 10.9. The van der Waals surface area contributed by atoms with Gasteiger partial charge in [0.15, 0.2) is 0 Å². The van der Waals surface area contributed by atoms with E-state index in [1.807, 2.05) is 18.2 Å². The van der Waals surface area contributed by atoms with Gasteiger partial charge in [0.25, 0.3) is 0 Å². The number of hydrogen-bond acceptors (Lipinski definition) is 4. The van der Waals surface area contributed by atoms with Gasteiger partial charge in [0.1, 0.15) is 0 Å². The molecular weight excluding hydrogens is 248 g/mol. The molecular formula is C16H20N4. The predicted octanol–water partition coefficient (Wildman–Crippen LogP) is 3.12. The standard InChI is InChI=1S/C16H20N4/c1-3-14-15(4-2)19-20-16(18-14)17-12-8-11-13-9-6-5-7-10-13/h5-11H,3-4,12H2,1-2H3,(H,17,18,20)/b11-8+. The van der Waals surface area contributed by atoms with E-state index in [1.165, 1.54) is 5.56 Å². The number of nitrogens with zero attached hydrogens (tertiary/aromatic N) is 3. The summed E-state index contributed by atoms with van der Waals surface area (Å²) in [6.45, 7) is 4.84. The second-order valence-electron chi connectivity index (χ2n) is 4.43. The van der Waals surface area contributed by atoms with Crippen LogP contribution in [0.15, 0.2) is 36.4 Å². The van der Waals surface area contributed by atoms with Crippen LogP contribution in [0.3, 0.4) is 0 Å². The van der Waals surface area contributed by atoms with Gasteiger partial charge in [0, 0.05) is 6.54 Å². The highest BCUT2D eigenvalue weighted by Gasteiger charge is 2.04. The third-order valence-corrected chi connectivity index (χ3v) is 3.00. The van der Waals surface area contributed by atoms with Crippen LogP contribution in [0.25, 0.3) is 6.08 Å². The summed E-state index contributed by atoms with van der Waals surface area (Å²) in [4.78, 5) is 4.49. The Morgan fingerprint density at radius 1 is 1.00 bits per heavy atom. The van der Waals surface area contributed by atoms with E-state index in [1.54, 1.807) is 0 Å². The highest BCUT2D eigenvalue weighted by Crippen LogP contribution is 2.06. The molecule has 0 unspecified atom stereocenters. The first-order chi connectivity index (χ1) is 9.83. The van der Waals surface area contributed by atoms with Gasteiger partial charge in [-0.1, -0.05) is 56.3 Å². The number of rotatable bonds is 6. The molecule has 0 aliphatic rings. The van der Waals surface area contributed by atoms with Crippen LogP contribution in [0, 0.1) is 0 Å². The summed E-state index contributed by atoms with van der Waals surface area (Å²) in [5.74, 6) is 0.594. The molecule has 4 heteroatoms. The molecule has 104 valence electrons. The second kappa shape index (κ2) is 7.38. The summed E-state index contributed by atoms with van der Waals surface area (Å²) in [7, 11) is 0. The quantitative estimate of drug-likeness (QED) is 0.874. The lowest BCUT2D eigenvalue weighted by Gasteiger charge is -2.06. The molecule has 2 rings (SSSR count). The summed E-state index contributed by atoms with van der Waals surface area (Å²) in [6, 6.07) is 10.2. The Hall–Kier alpha value is -2.23. The van der Waals surface area contributed by atoms with E-state index >= 15 is 0 Å². The zero-order valence-electron chi connectivity index (χ0n) is 12.0. The second-order valence-corrected chi connectivity index (χ2v) is 4.43. The maximum atomic E-state index is 4.49. The minimum absolute atomic E-state index is 0.594. The Morgan fingerprint density at radius 2 is 1.75 bits per heavy atom. The van der Waals surface area contributed by atoms with Crippen LogP contribution in [-0.4, -0.2) is 21.7 Å². The van der Waals surface area contributed by atoms with E-state index in [4.69, 9.17) is 0 Å². The van der Waals surface area contributed by atoms with E-state index in [0.717, 1.165) is 24.2 Å². The molecule has 20 heavy (non-hydrogen) atoms. The van der Waals surface area contributed by atoms with E-state index < -0.39 is 0 Å². The fraction of sp³-hybridized carbons (Fsp3) is 0.312. The van der Waals surface area contributed by atoms with Gasteiger partial charge in [0.05, 0.1) is 11.4 Å². The highest BCUT2D eigenvalue weighted by molar-refractivity contribution is 5.49. The van der Waals surface area contributed by atoms with Gasteiger partial charge in [0.2, 0.25) is 5.95 Å². The van der Waals surface area contributed by atoms with Crippen molar-refractivity contribution < 1.29 is 0 Å². The molecule has 0 radical (unpaired) electrons. The summed E-state index contributed by atoms with van der Waals surface area (Å²) >= 11 is 0. The molecule has 0 aliphatic carbocycles. The number of aryl methyl sites for hydroxylation is 2. The number of aromatic nitrogens is 3. The van der Waals surface area contributed by atoms with Crippen molar-refractivity contribution in [1.82, 2.24) is 15.2 Å². The predicted molar refractivity (Wildman–Crippen MR) is 82.5 cm³/mol. The van der Waals surface area contributed by atoms with Crippen molar-refractivity contribution in [1.29, 1.82) is 0 Å². The number of anilines is 1. The summed E-state index contributed by atoms with van der Waals surface area (Å²) < 4.78 is 0. The number of nitrogens with one attached hydrogen (secondary N) is 1. The Kier molecular flexibility index (Phi) is 5.24. The van der Waals surface area contributed by atoms with Crippen LogP contribution in [0.5, 0.6) is 0 Å². The highest BCUT2D eigenvalue weighted by atomic mass is 15.2. The van der Waals surface area contributed by atoms with Gasteiger partial charge in [-0.05, 0) is 18.4 Å². The van der Waals surface area contributed by atoms with E-state index in [9.17, 15) is 0 Å². The first-order valence-corrected chi connectivity index (χ1v) is 7.01. The fourth-order valence-corrected chi connectivity index (χ4v) is 1.92. The first kappa shape index (κ1) is 14.2. The lowest BCUT2D eigenvalue weighted by Crippen LogP contribution is -2.09. The fourth-order valence-electron chi connectivity index (χ4n) is 1.92. The smallest absolute Gasteiger partial charge is 0.243 e. The zero-order chi connectivity index (χ0) is 14.2. The maximum absolute atomic E-state index is 4.49. The van der Waals surface area contributed by atoms with Crippen LogP contribution < -0.4 is 5.32 Å². The van der Waals surface area contributed by atoms with Gasteiger partial charge in [-0.15, -0.1) is 5.10 Å². The Morgan fingerprint density at radius 3 is 2.45 bits per heavy atom. The van der Waals surface area contributed by atoms with E-state index in [-0.39, 0.29) is 0 Å². The average molecular weight is 268 g/mol. The van der Waals surface area contributed by atoms with Gasteiger partial charge in [-0.3, -0.25) is 0 Å². The SMILES string of the molecule is CCc1nnc(NC/C=C/c2ccccc2)nc1CC. The summed E-state index contributed by atoms with van der Waals surface area (Å²) in [5.41, 5.74) is 3.19. The third-order valence-electron chi connectivity index (χ3n) is 3.00. The molecule has 0 bridgehead atoms. The van der Waals surface area contributed by atoms with Crippen LogP contribution in [0.4, 0.5) is 5.95 Å². The molecule has 0 saturated carbocycles. The van der Waals surface area contributed by atoms with Gasteiger partial charge in [-0.2, -0.15) is 5.10 Å². The molecule has 0 aliphatic heterocycles. The van der Waals surface area contributed by atoms with Crippen LogP contribution in [-0.2, 0) is 12.8 Å². The molecule has 2 aromatic rings. The molecule has 1 N–H and O–H groups in total. The van der Waals surface area contributed by atoms with E-state index in [2.05, 4.69) is 58.6 Å². The lowest BCUT2D eigenvalue weighted by molar-refractivity contribution is 0.824. The molecule has 0 spiro atoms. The summed E-state index contributed by atoms with van der Waals surface area (Å²) in [6.07, 6.45) is 5.88. The van der Waals surface area contributed by atoms with Crippen molar-refractivity contribution in [2.75, 3.05) is 11.9 Å². The molecule has 0 saturated heterocycles. The summed E-state index contributed by atoms with van der Waals surface area (Å²) in [5, 5.41) is 11.5. The lowest BCUT2D eigenvalue weighted by atomic mass is 10.2. The average Bonchev–Trinajstić information content (AvgIpc) is 2.52. The van der Waals surface area contributed by atoms with Crippen molar-refractivity contribution in [3.05, 3.63) is 53.4 Å². The van der Waals surface area contributed by atoms with Crippen molar-refractivity contribution in [2.24, 2.45) is 0 Å². The van der Waals surface area contributed by atoms with Gasteiger partial charge in [-0.25, -0.2) is 4.98 Å². The maximum Gasteiger partial charge on any atom is 0.243 e.